The number of piperidine rings is 1. The standard InChI is InChI=1S/C23H37N5O2/c1-18(20-7-5-4-6-8-20)25-23(24-15-22(29)27(2)3)26-21-9-12-28(13-10-21)16-19-11-14-30-17-19/h4-8,18-19,21H,9-17H2,1-3H3,(H2,24,25,26). The molecule has 166 valence electrons. The molecule has 0 saturated carbocycles. The van der Waals surface area contributed by atoms with Gasteiger partial charge in [0.25, 0.3) is 0 Å². The zero-order valence-electron chi connectivity index (χ0n) is 18.6. The van der Waals surface area contributed by atoms with Crippen LogP contribution in [0.5, 0.6) is 0 Å². The summed E-state index contributed by atoms with van der Waals surface area (Å²) in [5.41, 5.74) is 1.19. The summed E-state index contributed by atoms with van der Waals surface area (Å²) in [4.78, 5) is 20.8. The number of carbonyl (C=O) groups is 1. The van der Waals surface area contributed by atoms with Gasteiger partial charge in [-0.25, -0.2) is 4.99 Å². The maximum atomic E-state index is 12.0. The summed E-state index contributed by atoms with van der Waals surface area (Å²) in [6.07, 6.45) is 3.35. The van der Waals surface area contributed by atoms with E-state index in [-0.39, 0.29) is 18.5 Å². The molecule has 30 heavy (non-hydrogen) atoms. The predicted molar refractivity (Wildman–Crippen MR) is 121 cm³/mol. The van der Waals surface area contributed by atoms with E-state index >= 15 is 0 Å². The van der Waals surface area contributed by atoms with Crippen molar-refractivity contribution in [1.29, 1.82) is 0 Å². The van der Waals surface area contributed by atoms with Crippen molar-refractivity contribution in [2.45, 2.75) is 38.3 Å². The van der Waals surface area contributed by atoms with Crippen molar-refractivity contribution < 1.29 is 9.53 Å². The molecule has 0 bridgehead atoms. The van der Waals surface area contributed by atoms with Crippen molar-refractivity contribution >= 4 is 11.9 Å². The Morgan fingerprint density at radius 2 is 1.97 bits per heavy atom. The molecule has 0 spiro atoms. The van der Waals surface area contributed by atoms with Crippen LogP contribution >= 0.6 is 0 Å². The second-order valence-corrected chi connectivity index (χ2v) is 8.68. The normalized spacial score (nSPS) is 22.0. The van der Waals surface area contributed by atoms with Crippen LogP contribution in [0.3, 0.4) is 0 Å². The van der Waals surface area contributed by atoms with Crippen molar-refractivity contribution in [3.63, 3.8) is 0 Å². The molecular weight excluding hydrogens is 378 g/mol. The van der Waals surface area contributed by atoms with Gasteiger partial charge < -0.3 is 25.2 Å². The van der Waals surface area contributed by atoms with Crippen LogP contribution in [-0.4, -0.2) is 81.2 Å². The number of guanidine groups is 1. The SMILES string of the molecule is CC(NC(=NCC(=O)N(C)C)NC1CCN(CC2CCOC2)CC1)c1ccccc1. The van der Waals surface area contributed by atoms with Crippen LogP contribution in [0.2, 0.25) is 0 Å². The number of aliphatic imine (C=N–C) groups is 1. The second kappa shape index (κ2) is 11.3. The van der Waals surface area contributed by atoms with Crippen LogP contribution in [0.4, 0.5) is 0 Å². The first-order valence-corrected chi connectivity index (χ1v) is 11.1. The molecule has 0 aliphatic carbocycles. The van der Waals surface area contributed by atoms with Gasteiger partial charge in [0.15, 0.2) is 5.96 Å². The highest BCUT2D eigenvalue weighted by molar-refractivity contribution is 5.85. The van der Waals surface area contributed by atoms with Gasteiger partial charge in [-0.05, 0) is 37.7 Å². The fraction of sp³-hybridized carbons (Fsp3) is 0.652. The van der Waals surface area contributed by atoms with Gasteiger partial charge in [-0.2, -0.15) is 0 Å². The zero-order chi connectivity index (χ0) is 21.3. The highest BCUT2D eigenvalue weighted by Gasteiger charge is 2.24. The molecule has 1 aromatic carbocycles. The number of rotatable bonds is 7. The lowest BCUT2D eigenvalue weighted by atomic mass is 10.0. The van der Waals surface area contributed by atoms with Crippen molar-refractivity contribution in [2.75, 3.05) is 53.5 Å². The largest absolute Gasteiger partial charge is 0.381 e. The lowest BCUT2D eigenvalue weighted by Gasteiger charge is -2.34. The minimum atomic E-state index is -0.00272. The summed E-state index contributed by atoms with van der Waals surface area (Å²) < 4.78 is 5.51. The third-order valence-corrected chi connectivity index (χ3v) is 5.99. The Bertz CT molecular complexity index is 680. The number of amides is 1. The molecule has 2 aliphatic rings. The summed E-state index contributed by atoms with van der Waals surface area (Å²) in [7, 11) is 3.52. The van der Waals surface area contributed by atoms with Crippen LogP contribution in [0.15, 0.2) is 35.3 Å². The van der Waals surface area contributed by atoms with Gasteiger partial charge in [0.1, 0.15) is 6.54 Å². The van der Waals surface area contributed by atoms with E-state index in [2.05, 4.69) is 39.6 Å². The average molecular weight is 416 g/mol. The quantitative estimate of drug-likeness (QED) is 0.526. The van der Waals surface area contributed by atoms with Gasteiger partial charge in [-0.3, -0.25) is 4.79 Å². The molecule has 2 saturated heterocycles. The fourth-order valence-corrected chi connectivity index (χ4v) is 4.00. The van der Waals surface area contributed by atoms with E-state index in [1.807, 2.05) is 18.2 Å². The topological polar surface area (TPSA) is 69.2 Å². The van der Waals surface area contributed by atoms with Gasteiger partial charge in [0.05, 0.1) is 12.6 Å². The van der Waals surface area contributed by atoms with E-state index in [4.69, 9.17) is 4.74 Å². The third-order valence-electron chi connectivity index (χ3n) is 5.99. The summed E-state index contributed by atoms with van der Waals surface area (Å²) in [5, 5.41) is 7.06. The lowest BCUT2D eigenvalue weighted by Crippen LogP contribution is -2.50. The van der Waals surface area contributed by atoms with Crippen LogP contribution in [0.25, 0.3) is 0 Å². The predicted octanol–water partition coefficient (Wildman–Crippen LogP) is 1.87. The average Bonchev–Trinajstić information content (AvgIpc) is 3.26. The molecule has 2 unspecified atom stereocenters. The van der Waals surface area contributed by atoms with E-state index < -0.39 is 0 Å². The van der Waals surface area contributed by atoms with Crippen molar-refractivity contribution in [3.8, 4) is 0 Å². The van der Waals surface area contributed by atoms with Gasteiger partial charge in [0.2, 0.25) is 5.91 Å². The van der Waals surface area contributed by atoms with Gasteiger partial charge in [0, 0.05) is 46.4 Å². The van der Waals surface area contributed by atoms with Crippen LogP contribution in [0, 0.1) is 5.92 Å². The molecule has 2 fully saturated rings. The number of nitrogens with zero attached hydrogens (tertiary/aromatic N) is 3. The number of carbonyl (C=O) groups excluding carboxylic acids is 1. The highest BCUT2D eigenvalue weighted by atomic mass is 16.5. The first kappa shape index (κ1) is 22.6. The third kappa shape index (κ3) is 6.99. The molecule has 2 atom stereocenters. The Morgan fingerprint density at radius 3 is 2.60 bits per heavy atom. The number of hydrogen-bond donors (Lipinski definition) is 2. The van der Waals surface area contributed by atoms with E-state index in [1.54, 1.807) is 19.0 Å². The Hall–Kier alpha value is -2.12. The molecular formula is C23H37N5O2. The Labute approximate surface area is 180 Å². The van der Waals surface area contributed by atoms with Gasteiger partial charge in [-0.15, -0.1) is 0 Å². The molecule has 2 aliphatic heterocycles. The van der Waals surface area contributed by atoms with Crippen LogP contribution in [-0.2, 0) is 9.53 Å². The van der Waals surface area contributed by atoms with E-state index in [9.17, 15) is 4.79 Å². The minimum Gasteiger partial charge on any atom is -0.381 e. The maximum Gasteiger partial charge on any atom is 0.243 e. The monoisotopic (exact) mass is 415 g/mol. The molecule has 0 radical (unpaired) electrons. The summed E-state index contributed by atoms with van der Waals surface area (Å²) in [5.74, 6) is 1.40. The first-order chi connectivity index (χ1) is 14.5. The van der Waals surface area contributed by atoms with E-state index in [1.165, 1.54) is 12.0 Å². The number of hydrogen-bond acceptors (Lipinski definition) is 4. The number of likely N-dealkylation sites (tertiary alicyclic amines) is 1. The molecule has 2 N–H and O–H groups in total. The van der Waals surface area contributed by atoms with Gasteiger partial charge in [-0.1, -0.05) is 30.3 Å². The first-order valence-electron chi connectivity index (χ1n) is 11.1. The molecule has 7 heteroatoms. The molecule has 7 nitrogen and oxygen atoms in total. The summed E-state index contributed by atoms with van der Waals surface area (Å²) in [6.45, 7) is 7.42. The van der Waals surface area contributed by atoms with Crippen LogP contribution in [0.1, 0.15) is 37.8 Å². The number of nitrogens with one attached hydrogen (secondary N) is 2. The van der Waals surface area contributed by atoms with E-state index in [0.717, 1.165) is 45.7 Å². The molecule has 1 aromatic rings. The Balaban J connectivity index is 1.55. The Kier molecular flexibility index (Phi) is 8.51. The van der Waals surface area contributed by atoms with E-state index in [0.29, 0.717) is 17.9 Å². The second-order valence-electron chi connectivity index (χ2n) is 8.68. The Morgan fingerprint density at radius 1 is 1.23 bits per heavy atom. The molecule has 0 aromatic heterocycles. The van der Waals surface area contributed by atoms with Crippen LogP contribution < -0.4 is 10.6 Å². The lowest BCUT2D eigenvalue weighted by molar-refractivity contribution is -0.127. The van der Waals surface area contributed by atoms with Crippen molar-refractivity contribution in [1.82, 2.24) is 20.4 Å². The fourth-order valence-electron chi connectivity index (χ4n) is 4.00. The van der Waals surface area contributed by atoms with Gasteiger partial charge >= 0.3 is 0 Å². The minimum absolute atomic E-state index is 0.00272. The number of benzene rings is 1. The summed E-state index contributed by atoms with van der Waals surface area (Å²) >= 11 is 0. The number of likely N-dealkylation sites (N-methyl/N-ethyl adjacent to an activating group) is 1. The molecule has 1 amide bonds. The van der Waals surface area contributed by atoms with Crippen molar-refractivity contribution in [2.24, 2.45) is 10.9 Å². The molecule has 3 rings (SSSR count). The summed E-state index contributed by atoms with van der Waals surface area (Å²) in [6, 6.07) is 10.8. The molecule has 2 heterocycles. The highest BCUT2D eigenvalue weighted by Crippen LogP contribution is 2.18. The maximum absolute atomic E-state index is 12.0. The number of ether oxygens (including phenoxy) is 1. The zero-order valence-corrected chi connectivity index (χ0v) is 18.6. The van der Waals surface area contributed by atoms with Crippen molar-refractivity contribution in [3.05, 3.63) is 35.9 Å². The smallest absolute Gasteiger partial charge is 0.243 e.